The van der Waals surface area contributed by atoms with Crippen LogP contribution in [0.5, 0.6) is 0 Å². The Hall–Kier alpha value is -4.27. The minimum atomic E-state index is -1.26. The second kappa shape index (κ2) is 24.1. The fourth-order valence-electron chi connectivity index (χ4n) is 6.86. The molecule has 59 heavy (non-hydrogen) atoms. The molecule has 0 fully saturated rings. The molecule has 0 radical (unpaired) electrons. The van der Waals surface area contributed by atoms with E-state index in [1.54, 1.807) is 48.5 Å². The Bertz CT molecular complexity index is 1540. The number of cyclic esters (lactones) is 2. The van der Waals surface area contributed by atoms with Gasteiger partial charge in [-0.2, -0.15) is 0 Å². The van der Waals surface area contributed by atoms with Gasteiger partial charge in [0.1, 0.15) is 30.3 Å². The standard InChI is InChI=1S/C44H75N5O10/c1-17-20-28(10)37-30(12)32(50)22-21-29(11)43(56)59-38(27(9)19-3)39(52)46-35(25(6)7)41(54)49(16)36(26(8)18-2)42(55)47(14)23-33(51)45-34(24(4)5)40(53)48(15)31(13)44(57)58-37/h20-21,24-27,30-32,34-38,50H,17-19,22-23H2,1-16H3,(H,45,51)(H,46,52)/b28-20+,29-21+/t26-,27+,30+,31+,32+,34?,35+,36?,37-,38-/m1/s1. The molecule has 2 unspecified atom stereocenters. The number of esters is 2. The van der Waals surface area contributed by atoms with Gasteiger partial charge in [-0.3, -0.25) is 24.0 Å². The highest BCUT2D eigenvalue weighted by Crippen LogP contribution is 2.25. The lowest BCUT2D eigenvalue weighted by Crippen LogP contribution is -2.60. The summed E-state index contributed by atoms with van der Waals surface area (Å²) in [6.45, 7) is 22.3. The molecule has 0 aliphatic carbocycles. The van der Waals surface area contributed by atoms with Crippen LogP contribution < -0.4 is 10.6 Å². The summed E-state index contributed by atoms with van der Waals surface area (Å²) in [4.78, 5) is 101. The van der Waals surface area contributed by atoms with Crippen molar-refractivity contribution < 1.29 is 48.1 Å². The maximum Gasteiger partial charge on any atom is 0.334 e. The number of nitrogens with zero attached hydrogens (tertiary/aromatic N) is 3. The van der Waals surface area contributed by atoms with Crippen LogP contribution in [0.1, 0.15) is 116 Å². The third kappa shape index (κ3) is 14.5. The van der Waals surface area contributed by atoms with E-state index >= 15 is 0 Å². The number of allylic oxidation sites excluding steroid dienone is 1. The molecule has 1 rings (SSSR count). The van der Waals surface area contributed by atoms with Crippen molar-refractivity contribution in [1.29, 1.82) is 0 Å². The van der Waals surface area contributed by atoms with Gasteiger partial charge in [-0.1, -0.05) is 87.8 Å². The smallest absolute Gasteiger partial charge is 0.334 e. The second-order valence-electron chi connectivity index (χ2n) is 17.1. The predicted octanol–water partition coefficient (Wildman–Crippen LogP) is 4.02. The molecule has 0 aromatic carbocycles. The zero-order chi connectivity index (χ0) is 45.6. The Balaban J connectivity index is 3.89. The Labute approximate surface area is 353 Å². The van der Waals surface area contributed by atoms with Gasteiger partial charge in [-0.05, 0) is 63.4 Å². The summed E-state index contributed by atoms with van der Waals surface area (Å²) in [5, 5.41) is 16.9. The Morgan fingerprint density at radius 2 is 1.34 bits per heavy atom. The van der Waals surface area contributed by atoms with E-state index < -0.39 is 114 Å². The van der Waals surface area contributed by atoms with Crippen LogP contribution in [0.15, 0.2) is 23.3 Å². The first-order valence-corrected chi connectivity index (χ1v) is 21.2. The molecule has 5 amide bonds. The van der Waals surface area contributed by atoms with Crippen molar-refractivity contribution in [2.45, 2.75) is 158 Å². The topological polar surface area (TPSA) is 192 Å². The highest BCUT2D eigenvalue weighted by Gasteiger charge is 2.40. The number of carbonyl (C=O) groups excluding carboxylic acids is 7. The lowest BCUT2D eigenvalue weighted by atomic mass is 9.90. The van der Waals surface area contributed by atoms with Gasteiger partial charge in [-0.25, -0.2) is 9.59 Å². The van der Waals surface area contributed by atoms with Crippen molar-refractivity contribution in [3.63, 3.8) is 0 Å². The lowest BCUT2D eigenvalue weighted by Gasteiger charge is -2.37. The fraction of sp³-hybridized carbons (Fsp3) is 0.750. The maximum atomic E-state index is 14.2. The van der Waals surface area contributed by atoms with E-state index in [2.05, 4.69) is 10.6 Å². The molecular formula is C44H75N5O10. The summed E-state index contributed by atoms with van der Waals surface area (Å²) < 4.78 is 11.8. The number of rotatable bonds is 8. The predicted molar refractivity (Wildman–Crippen MR) is 226 cm³/mol. The molecule has 0 aromatic heterocycles. The van der Waals surface area contributed by atoms with Gasteiger partial charge in [-0.15, -0.1) is 0 Å². The van der Waals surface area contributed by atoms with Crippen molar-refractivity contribution in [1.82, 2.24) is 25.3 Å². The molecule has 15 nitrogen and oxygen atoms in total. The summed E-state index contributed by atoms with van der Waals surface area (Å²) in [7, 11) is 4.36. The summed E-state index contributed by atoms with van der Waals surface area (Å²) in [5.41, 5.74) is 0.833. The number of nitrogens with one attached hydrogen (secondary N) is 2. The first kappa shape index (κ1) is 52.7. The first-order chi connectivity index (χ1) is 27.4. The van der Waals surface area contributed by atoms with Crippen LogP contribution >= 0.6 is 0 Å². The number of hydrogen-bond acceptors (Lipinski definition) is 10. The molecular weight excluding hydrogens is 759 g/mol. The van der Waals surface area contributed by atoms with Crippen LogP contribution in [0.3, 0.4) is 0 Å². The molecule has 1 aliphatic rings. The Morgan fingerprint density at radius 3 is 1.85 bits per heavy atom. The first-order valence-electron chi connectivity index (χ1n) is 21.2. The minimum Gasteiger partial charge on any atom is -0.456 e. The van der Waals surface area contributed by atoms with E-state index in [4.69, 9.17) is 9.47 Å². The van der Waals surface area contributed by atoms with Gasteiger partial charge in [0, 0.05) is 38.6 Å². The van der Waals surface area contributed by atoms with E-state index in [1.165, 1.54) is 55.8 Å². The number of aliphatic hydroxyl groups is 1. The van der Waals surface area contributed by atoms with Crippen molar-refractivity contribution in [2.75, 3.05) is 27.7 Å². The van der Waals surface area contributed by atoms with E-state index in [0.29, 0.717) is 24.8 Å². The van der Waals surface area contributed by atoms with Gasteiger partial charge in [0.05, 0.1) is 12.6 Å². The van der Waals surface area contributed by atoms with Crippen LogP contribution in [0, 0.1) is 29.6 Å². The number of carbonyl (C=O) groups is 7. The molecule has 10 atom stereocenters. The minimum absolute atomic E-state index is 0.0129. The van der Waals surface area contributed by atoms with Gasteiger partial charge in [0.25, 0.3) is 5.91 Å². The second-order valence-corrected chi connectivity index (χ2v) is 17.1. The van der Waals surface area contributed by atoms with Crippen molar-refractivity contribution in [2.24, 2.45) is 29.6 Å². The third-order valence-electron chi connectivity index (χ3n) is 11.7. The highest BCUT2D eigenvalue weighted by molar-refractivity contribution is 5.96. The SMILES string of the molecule is CC/C=C(\C)[C@H]1OC(=O)[C@H](C)N(C)C(=O)C(C(C)C)NC(=O)CN(C)C(=O)C([C@H](C)CC)N(C)C(=O)[C@H](C(C)C)NC(=O)[C@@H]([C@@H](C)CC)OC(=O)/C(C)=C/C[C@H](O)[C@@H]1C. The van der Waals surface area contributed by atoms with Crippen LogP contribution in [0.4, 0.5) is 0 Å². The molecule has 0 saturated heterocycles. The van der Waals surface area contributed by atoms with E-state index in [1.807, 2.05) is 33.8 Å². The van der Waals surface area contributed by atoms with Crippen molar-refractivity contribution in [3.8, 4) is 0 Å². The number of ether oxygens (including phenoxy) is 2. The quantitative estimate of drug-likeness (QED) is 0.238. The summed E-state index contributed by atoms with van der Waals surface area (Å²) in [6, 6.07) is -4.26. The average molecular weight is 834 g/mol. The number of aliphatic hydroxyl groups excluding tert-OH is 1. The van der Waals surface area contributed by atoms with Crippen LogP contribution in [0.25, 0.3) is 0 Å². The Morgan fingerprint density at radius 1 is 0.814 bits per heavy atom. The van der Waals surface area contributed by atoms with Crippen LogP contribution in [-0.4, -0.2) is 131 Å². The normalized spacial score (nSPS) is 29.7. The summed E-state index contributed by atoms with van der Waals surface area (Å²) in [6.07, 6.45) is 1.75. The number of amides is 5. The van der Waals surface area contributed by atoms with Gasteiger partial charge >= 0.3 is 11.9 Å². The maximum absolute atomic E-state index is 14.2. The molecule has 1 aliphatic heterocycles. The largest absolute Gasteiger partial charge is 0.456 e. The summed E-state index contributed by atoms with van der Waals surface area (Å²) >= 11 is 0. The highest BCUT2D eigenvalue weighted by atomic mass is 16.6. The molecule has 336 valence electrons. The van der Waals surface area contributed by atoms with Gasteiger partial charge < -0.3 is 39.9 Å². The molecule has 0 spiro atoms. The van der Waals surface area contributed by atoms with Crippen LogP contribution in [0.2, 0.25) is 0 Å². The lowest BCUT2D eigenvalue weighted by molar-refractivity contribution is -0.160. The number of likely N-dealkylation sites (N-methyl/N-ethyl adjacent to an activating group) is 3. The van der Waals surface area contributed by atoms with Gasteiger partial charge in [0.15, 0.2) is 6.10 Å². The molecule has 3 N–H and O–H groups in total. The molecule has 15 heteroatoms. The third-order valence-corrected chi connectivity index (χ3v) is 11.7. The van der Waals surface area contributed by atoms with E-state index in [9.17, 15) is 38.7 Å². The average Bonchev–Trinajstić information content (AvgIpc) is 3.18. The monoisotopic (exact) mass is 834 g/mol. The van der Waals surface area contributed by atoms with Gasteiger partial charge in [0.2, 0.25) is 23.6 Å². The zero-order valence-corrected chi connectivity index (χ0v) is 38.6. The molecule has 0 saturated carbocycles. The van der Waals surface area contributed by atoms with Crippen LogP contribution in [-0.2, 0) is 43.0 Å². The summed E-state index contributed by atoms with van der Waals surface area (Å²) in [5.74, 6) is -6.70. The molecule has 0 aromatic rings. The van der Waals surface area contributed by atoms with E-state index in [-0.39, 0.29) is 17.9 Å². The van der Waals surface area contributed by atoms with Crippen molar-refractivity contribution >= 4 is 41.5 Å². The number of hydrogen-bond donors (Lipinski definition) is 3. The molecule has 1 heterocycles. The Kier molecular flexibility index (Phi) is 21.5. The fourth-order valence-corrected chi connectivity index (χ4v) is 6.86. The molecule has 0 bridgehead atoms. The van der Waals surface area contributed by atoms with Crippen molar-refractivity contribution in [3.05, 3.63) is 23.3 Å². The zero-order valence-electron chi connectivity index (χ0n) is 38.6. The van der Waals surface area contributed by atoms with E-state index in [0.717, 1.165) is 0 Å².